The summed E-state index contributed by atoms with van der Waals surface area (Å²) in [4.78, 5) is 0. The lowest BCUT2D eigenvalue weighted by molar-refractivity contribution is 0.670. The van der Waals surface area contributed by atoms with E-state index in [0.717, 1.165) is 43.2 Å². The number of benzene rings is 8. The fourth-order valence-electron chi connectivity index (χ4n) is 7.70. The third-order valence-corrected chi connectivity index (χ3v) is 10.6. The predicted octanol–water partition coefficient (Wildman–Crippen LogP) is 14.1. The Balaban J connectivity index is 1.05. The van der Waals surface area contributed by atoms with Gasteiger partial charge in [0.2, 0.25) is 0 Å². The minimum Gasteiger partial charge on any atom is -0.455 e. The third-order valence-electron chi connectivity index (χ3n) is 10.1. The minimum atomic E-state index is 0.890. The second-order valence-corrected chi connectivity index (χ2v) is 14.0. The van der Waals surface area contributed by atoms with Crippen molar-refractivity contribution in [3.05, 3.63) is 186 Å². The third kappa shape index (κ3) is 5.00. The molecule has 0 N–H and O–H groups in total. The molecule has 0 atom stereocenters. The fraction of sp³-hybridized carbons (Fsp3) is 0. The van der Waals surface area contributed by atoms with Crippen LogP contribution in [0.4, 0.5) is 0 Å². The van der Waals surface area contributed by atoms with Crippen LogP contribution in [0.3, 0.4) is 0 Å². The molecule has 0 bridgehead atoms. The van der Waals surface area contributed by atoms with Crippen LogP contribution in [-0.4, -0.2) is 4.57 Å². The van der Waals surface area contributed by atoms with Gasteiger partial charge in [0.1, 0.15) is 11.2 Å². The van der Waals surface area contributed by atoms with Gasteiger partial charge in [0.05, 0.1) is 11.0 Å². The van der Waals surface area contributed by atoms with Gasteiger partial charge in [-0.25, -0.2) is 0 Å². The molecular formula is C48H30BrNO. The lowest BCUT2D eigenvalue weighted by Gasteiger charge is -2.09. The van der Waals surface area contributed by atoms with Crippen LogP contribution in [0, 0.1) is 0 Å². The Kier molecular flexibility index (Phi) is 7.00. The van der Waals surface area contributed by atoms with Crippen LogP contribution < -0.4 is 0 Å². The Morgan fingerprint density at radius 1 is 0.392 bits per heavy atom. The summed E-state index contributed by atoms with van der Waals surface area (Å²) in [6.07, 6.45) is 0. The number of hydrogen-bond acceptors (Lipinski definition) is 1. The number of aromatic nitrogens is 1. The van der Waals surface area contributed by atoms with Crippen molar-refractivity contribution < 1.29 is 4.42 Å². The molecule has 51 heavy (non-hydrogen) atoms. The fourth-order valence-corrected chi connectivity index (χ4v) is 8.10. The molecule has 2 heterocycles. The monoisotopic (exact) mass is 715 g/mol. The first kappa shape index (κ1) is 29.7. The standard InChI is InChI=1S/C48H30BrNO/c49-37-13-7-11-34(29-37)33-10-6-12-36(28-33)39-17-9-21-46-47(39)43-19-8-18-40(48(43)51-46)32-24-22-31(23-25-32)35-26-27-42-41-16-4-5-20-44(41)50(45(42)30-35)38-14-2-1-3-15-38/h1-30H. The molecule has 0 saturated carbocycles. The van der Waals surface area contributed by atoms with Crippen molar-refractivity contribution in [3.63, 3.8) is 0 Å². The summed E-state index contributed by atoms with van der Waals surface area (Å²) in [7, 11) is 0. The molecule has 0 spiro atoms. The second-order valence-electron chi connectivity index (χ2n) is 13.1. The first-order valence-corrected chi connectivity index (χ1v) is 18.0. The van der Waals surface area contributed by atoms with Gasteiger partial charge in [-0.15, -0.1) is 0 Å². The number of rotatable bonds is 5. The van der Waals surface area contributed by atoms with Crippen molar-refractivity contribution in [3.8, 4) is 50.2 Å². The van der Waals surface area contributed by atoms with Crippen LogP contribution in [0.25, 0.3) is 93.9 Å². The van der Waals surface area contributed by atoms with E-state index < -0.39 is 0 Å². The number of fused-ring (bicyclic) bond motifs is 6. The highest BCUT2D eigenvalue weighted by Crippen LogP contribution is 2.42. The van der Waals surface area contributed by atoms with Crippen LogP contribution >= 0.6 is 15.9 Å². The van der Waals surface area contributed by atoms with Gasteiger partial charge < -0.3 is 8.98 Å². The average Bonchev–Trinajstić information content (AvgIpc) is 3.74. The summed E-state index contributed by atoms with van der Waals surface area (Å²) < 4.78 is 10.1. The zero-order valence-corrected chi connectivity index (χ0v) is 29.1. The zero-order chi connectivity index (χ0) is 33.9. The van der Waals surface area contributed by atoms with Crippen LogP contribution in [0.1, 0.15) is 0 Å². The summed E-state index contributed by atoms with van der Waals surface area (Å²) >= 11 is 3.63. The van der Waals surface area contributed by atoms with E-state index in [2.05, 4.69) is 202 Å². The molecule has 3 heteroatoms. The van der Waals surface area contributed by atoms with Gasteiger partial charge in [0.15, 0.2) is 0 Å². The van der Waals surface area contributed by atoms with Crippen LogP contribution in [-0.2, 0) is 0 Å². The van der Waals surface area contributed by atoms with Crippen LogP contribution in [0.2, 0.25) is 0 Å². The topological polar surface area (TPSA) is 18.1 Å². The molecular weight excluding hydrogens is 686 g/mol. The highest BCUT2D eigenvalue weighted by molar-refractivity contribution is 9.10. The van der Waals surface area contributed by atoms with Crippen LogP contribution in [0.5, 0.6) is 0 Å². The lowest BCUT2D eigenvalue weighted by atomic mass is 9.94. The quantitative estimate of drug-likeness (QED) is 0.173. The molecule has 10 aromatic rings. The normalized spacial score (nSPS) is 11.6. The van der Waals surface area contributed by atoms with Gasteiger partial charge in [-0.05, 0) is 87.5 Å². The highest BCUT2D eigenvalue weighted by atomic mass is 79.9. The number of hydrogen-bond donors (Lipinski definition) is 0. The van der Waals surface area contributed by atoms with Crippen molar-refractivity contribution in [2.45, 2.75) is 0 Å². The molecule has 0 fully saturated rings. The Morgan fingerprint density at radius 2 is 1.02 bits per heavy atom. The van der Waals surface area contributed by atoms with Gasteiger partial charge in [-0.3, -0.25) is 0 Å². The average molecular weight is 717 g/mol. The molecule has 2 aromatic heterocycles. The van der Waals surface area contributed by atoms with Crippen molar-refractivity contribution in [2.75, 3.05) is 0 Å². The number of para-hydroxylation sites is 3. The predicted molar refractivity (Wildman–Crippen MR) is 218 cm³/mol. The molecule has 0 radical (unpaired) electrons. The van der Waals surface area contributed by atoms with E-state index in [4.69, 9.17) is 4.42 Å². The van der Waals surface area contributed by atoms with Gasteiger partial charge in [-0.2, -0.15) is 0 Å². The maximum atomic E-state index is 6.67. The van der Waals surface area contributed by atoms with E-state index in [1.165, 1.54) is 55.2 Å². The van der Waals surface area contributed by atoms with Gasteiger partial charge in [-0.1, -0.05) is 149 Å². The van der Waals surface area contributed by atoms with E-state index in [1.807, 2.05) is 0 Å². The Hall–Kier alpha value is -6.16. The maximum absolute atomic E-state index is 6.67. The van der Waals surface area contributed by atoms with E-state index >= 15 is 0 Å². The van der Waals surface area contributed by atoms with Crippen molar-refractivity contribution in [1.29, 1.82) is 0 Å². The summed E-state index contributed by atoms with van der Waals surface area (Å²) in [5, 5.41) is 4.77. The minimum absolute atomic E-state index is 0.890. The Labute approximate surface area is 304 Å². The molecule has 0 aliphatic rings. The molecule has 0 aliphatic heterocycles. The highest BCUT2D eigenvalue weighted by Gasteiger charge is 2.17. The van der Waals surface area contributed by atoms with E-state index in [1.54, 1.807) is 0 Å². The van der Waals surface area contributed by atoms with Crippen LogP contribution in [0.15, 0.2) is 191 Å². The Bertz CT molecular complexity index is 2910. The first-order chi connectivity index (χ1) is 25.2. The van der Waals surface area contributed by atoms with E-state index in [-0.39, 0.29) is 0 Å². The summed E-state index contributed by atoms with van der Waals surface area (Å²) in [6, 6.07) is 65.1. The molecule has 8 aromatic carbocycles. The molecule has 240 valence electrons. The summed E-state index contributed by atoms with van der Waals surface area (Å²) in [5.41, 5.74) is 14.6. The first-order valence-electron chi connectivity index (χ1n) is 17.2. The van der Waals surface area contributed by atoms with Crippen molar-refractivity contribution in [1.82, 2.24) is 4.57 Å². The molecule has 0 aliphatic carbocycles. The summed E-state index contributed by atoms with van der Waals surface area (Å²) in [5.74, 6) is 0. The van der Waals surface area contributed by atoms with Gasteiger partial charge >= 0.3 is 0 Å². The summed E-state index contributed by atoms with van der Waals surface area (Å²) in [6.45, 7) is 0. The molecule has 0 amide bonds. The zero-order valence-electron chi connectivity index (χ0n) is 27.6. The molecule has 10 rings (SSSR count). The van der Waals surface area contributed by atoms with Gasteiger partial charge in [0.25, 0.3) is 0 Å². The van der Waals surface area contributed by atoms with E-state index in [0.29, 0.717) is 0 Å². The Morgan fingerprint density at radius 3 is 1.88 bits per heavy atom. The molecule has 2 nitrogen and oxygen atoms in total. The largest absolute Gasteiger partial charge is 0.455 e. The second kappa shape index (κ2) is 12.0. The smallest absolute Gasteiger partial charge is 0.143 e. The number of furan rings is 1. The van der Waals surface area contributed by atoms with E-state index in [9.17, 15) is 0 Å². The van der Waals surface area contributed by atoms with Gasteiger partial charge in [0, 0.05) is 37.3 Å². The lowest BCUT2D eigenvalue weighted by Crippen LogP contribution is -1.93. The van der Waals surface area contributed by atoms with Crippen molar-refractivity contribution in [2.24, 2.45) is 0 Å². The number of nitrogens with zero attached hydrogens (tertiary/aromatic N) is 1. The maximum Gasteiger partial charge on any atom is 0.143 e. The molecule has 0 saturated heterocycles. The number of halogens is 1. The SMILES string of the molecule is Brc1cccc(-c2cccc(-c3cccc4oc5c(-c6ccc(-c7ccc8c9ccccc9n(-c9ccccc9)c8c7)cc6)cccc5c34)c2)c1. The molecule has 0 unspecified atom stereocenters. The van der Waals surface area contributed by atoms with Crippen molar-refractivity contribution >= 4 is 59.7 Å².